The molecule has 8 nitrogen and oxygen atoms in total. The minimum absolute atomic E-state index is 0.0139. The number of hydrogen-bond acceptors (Lipinski definition) is 9. The molecule has 1 saturated heterocycles. The number of amides is 1. The van der Waals surface area contributed by atoms with Crippen molar-refractivity contribution in [2.24, 2.45) is 0 Å². The van der Waals surface area contributed by atoms with Crippen LogP contribution in [0.15, 0.2) is 76.6 Å². The van der Waals surface area contributed by atoms with Crippen molar-refractivity contribution >= 4 is 45.7 Å². The third kappa shape index (κ3) is 5.32. The number of anilines is 1. The third-order valence-corrected chi connectivity index (χ3v) is 9.18. The van der Waals surface area contributed by atoms with Gasteiger partial charge in [0.25, 0.3) is 5.78 Å². The molecule has 1 fully saturated rings. The molecule has 10 heteroatoms. The van der Waals surface area contributed by atoms with Crippen molar-refractivity contribution in [3.05, 3.63) is 100 Å². The topological polar surface area (TPSA) is 102 Å². The summed E-state index contributed by atoms with van der Waals surface area (Å²) in [4.78, 5) is 28.4. The summed E-state index contributed by atoms with van der Waals surface area (Å²) in [5.74, 6) is -0.112. The molecule has 6 rings (SSSR count). The number of ether oxygens (including phenoxy) is 2. The maximum Gasteiger partial charge on any atom is 0.301 e. The molecule has 2 aliphatic rings. The SMILES string of the molecule is CCc1ccc(C2/C(=C(\O)c3ccc4c(c3)OCCO4)C(=O)C(=O)N2c2nnc(SCc3ccc(C)cc3)s2)cc1. The molecule has 1 unspecified atom stereocenters. The number of aliphatic hydroxyl groups excluding tert-OH is 1. The fraction of sp³-hybridized carbons (Fsp3) is 0.226. The van der Waals surface area contributed by atoms with E-state index in [1.165, 1.54) is 33.6 Å². The Balaban J connectivity index is 1.38. The molecule has 1 aromatic heterocycles. The molecule has 1 N–H and O–H groups in total. The number of Topliss-reactive ketones (excluding diaryl/α,β-unsaturated/α-hetero) is 1. The lowest BCUT2D eigenvalue weighted by Crippen LogP contribution is -2.29. The summed E-state index contributed by atoms with van der Waals surface area (Å²) >= 11 is 2.76. The average molecular weight is 586 g/mol. The Labute approximate surface area is 245 Å². The first-order chi connectivity index (χ1) is 19.9. The lowest BCUT2D eigenvalue weighted by atomic mass is 9.94. The molecule has 0 aliphatic carbocycles. The number of nitrogens with zero attached hydrogens (tertiary/aromatic N) is 3. The summed E-state index contributed by atoms with van der Waals surface area (Å²) in [5.41, 5.74) is 4.48. The molecule has 208 valence electrons. The molecule has 1 amide bonds. The molecule has 0 bridgehead atoms. The van der Waals surface area contributed by atoms with Crippen molar-refractivity contribution in [3.63, 3.8) is 0 Å². The maximum absolute atomic E-state index is 13.5. The molecule has 0 spiro atoms. The number of ketones is 1. The van der Waals surface area contributed by atoms with Gasteiger partial charge in [0.2, 0.25) is 5.13 Å². The second-order valence-electron chi connectivity index (χ2n) is 9.75. The Bertz CT molecular complexity index is 1650. The minimum Gasteiger partial charge on any atom is -0.507 e. The predicted molar refractivity (Wildman–Crippen MR) is 159 cm³/mol. The van der Waals surface area contributed by atoms with Crippen molar-refractivity contribution < 1.29 is 24.2 Å². The van der Waals surface area contributed by atoms with Crippen LogP contribution in [-0.4, -0.2) is 40.2 Å². The fourth-order valence-corrected chi connectivity index (χ4v) is 6.64. The number of carbonyl (C=O) groups excluding carboxylic acids is 2. The lowest BCUT2D eigenvalue weighted by Gasteiger charge is -2.23. The van der Waals surface area contributed by atoms with Gasteiger partial charge in [-0.25, -0.2) is 0 Å². The van der Waals surface area contributed by atoms with Gasteiger partial charge >= 0.3 is 5.91 Å². The quantitative estimate of drug-likeness (QED) is 0.0913. The van der Waals surface area contributed by atoms with Crippen molar-refractivity contribution in [2.45, 2.75) is 36.4 Å². The van der Waals surface area contributed by atoms with Crippen LogP contribution in [0.5, 0.6) is 11.5 Å². The Hall–Kier alpha value is -4.15. The first-order valence-corrected chi connectivity index (χ1v) is 15.0. The highest BCUT2D eigenvalue weighted by Gasteiger charge is 2.48. The number of aryl methyl sites for hydroxylation is 2. The Morgan fingerprint density at radius 3 is 2.41 bits per heavy atom. The van der Waals surface area contributed by atoms with Gasteiger partial charge in [0.15, 0.2) is 15.8 Å². The van der Waals surface area contributed by atoms with E-state index < -0.39 is 17.7 Å². The highest BCUT2D eigenvalue weighted by molar-refractivity contribution is 8.00. The van der Waals surface area contributed by atoms with Crippen LogP contribution in [-0.2, 0) is 21.8 Å². The number of fused-ring (bicyclic) bond motifs is 1. The normalized spacial score (nSPS) is 17.7. The second-order valence-corrected chi connectivity index (χ2v) is 11.9. The third-order valence-electron chi connectivity index (χ3n) is 7.05. The molecule has 3 heterocycles. The van der Waals surface area contributed by atoms with Crippen LogP contribution in [0.3, 0.4) is 0 Å². The van der Waals surface area contributed by atoms with Gasteiger partial charge in [0, 0.05) is 11.3 Å². The molecular formula is C31H27N3O5S2. The highest BCUT2D eigenvalue weighted by Crippen LogP contribution is 2.45. The van der Waals surface area contributed by atoms with Gasteiger partial charge in [0.05, 0.1) is 11.6 Å². The van der Waals surface area contributed by atoms with Gasteiger partial charge in [-0.3, -0.25) is 14.5 Å². The molecule has 3 aromatic carbocycles. The Morgan fingerprint density at radius 2 is 1.68 bits per heavy atom. The van der Waals surface area contributed by atoms with Crippen molar-refractivity contribution in [3.8, 4) is 11.5 Å². The zero-order valence-corrected chi connectivity index (χ0v) is 24.1. The Morgan fingerprint density at radius 1 is 0.976 bits per heavy atom. The van der Waals surface area contributed by atoms with E-state index in [1.54, 1.807) is 18.2 Å². The minimum atomic E-state index is -0.878. The van der Waals surface area contributed by atoms with Crippen LogP contribution in [0.25, 0.3) is 5.76 Å². The fourth-order valence-electron chi connectivity index (χ4n) is 4.81. The summed E-state index contributed by atoms with van der Waals surface area (Å²) in [7, 11) is 0. The van der Waals surface area contributed by atoms with Gasteiger partial charge in [-0.2, -0.15) is 0 Å². The number of rotatable bonds is 7. The number of benzene rings is 3. The monoisotopic (exact) mass is 585 g/mol. The van der Waals surface area contributed by atoms with Gasteiger partial charge in [-0.1, -0.05) is 84.1 Å². The molecular weight excluding hydrogens is 558 g/mol. The summed E-state index contributed by atoms with van der Waals surface area (Å²) in [6, 6.07) is 20.0. The number of aromatic nitrogens is 2. The van der Waals surface area contributed by atoms with Crippen LogP contribution in [0.4, 0.5) is 5.13 Å². The van der Waals surface area contributed by atoms with E-state index in [9.17, 15) is 14.7 Å². The second kappa shape index (κ2) is 11.4. The summed E-state index contributed by atoms with van der Waals surface area (Å²) in [6.45, 7) is 4.92. The molecule has 0 radical (unpaired) electrons. The zero-order valence-electron chi connectivity index (χ0n) is 22.5. The van der Waals surface area contributed by atoms with E-state index in [4.69, 9.17) is 9.47 Å². The molecule has 4 aromatic rings. The molecule has 0 saturated carbocycles. The smallest absolute Gasteiger partial charge is 0.301 e. The number of carbonyl (C=O) groups is 2. The van der Waals surface area contributed by atoms with Crippen LogP contribution in [0, 0.1) is 6.92 Å². The molecule has 41 heavy (non-hydrogen) atoms. The predicted octanol–water partition coefficient (Wildman–Crippen LogP) is 6.10. The maximum atomic E-state index is 13.5. The largest absolute Gasteiger partial charge is 0.507 e. The average Bonchev–Trinajstić information content (AvgIpc) is 3.58. The van der Waals surface area contributed by atoms with E-state index in [2.05, 4.69) is 41.4 Å². The van der Waals surface area contributed by atoms with Gasteiger partial charge < -0.3 is 14.6 Å². The molecule has 1 atom stereocenters. The van der Waals surface area contributed by atoms with E-state index in [0.29, 0.717) is 51.1 Å². The van der Waals surface area contributed by atoms with Crippen LogP contribution < -0.4 is 14.4 Å². The van der Waals surface area contributed by atoms with Gasteiger partial charge in [-0.15, -0.1) is 10.2 Å². The first kappa shape index (κ1) is 27.0. The molecule has 2 aliphatic heterocycles. The Kier molecular flexibility index (Phi) is 7.51. The van der Waals surface area contributed by atoms with E-state index in [-0.39, 0.29) is 11.3 Å². The summed E-state index contributed by atoms with van der Waals surface area (Å²) < 4.78 is 11.9. The zero-order chi connectivity index (χ0) is 28.5. The van der Waals surface area contributed by atoms with Crippen LogP contribution in [0.2, 0.25) is 0 Å². The van der Waals surface area contributed by atoms with Crippen molar-refractivity contribution in [1.82, 2.24) is 10.2 Å². The highest BCUT2D eigenvalue weighted by atomic mass is 32.2. The number of hydrogen-bond donors (Lipinski definition) is 1. The van der Waals surface area contributed by atoms with Gasteiger partial charge in [0.1, 0.15) is 19.0 Å². The summed E-state index contributed by atoms with van der Waals surface area (Å²) in [6.07, 6.45) is 0.843. The van der Waals surface area contributed by atoms with Crippen LogP contribution >= 0.6 is 23.1 Å². The first-order valence-electron chi connectivity index (χ1n) is 13.2. The van der Waals surface area contributed by atoms with Crippen LogP contribution in [0.1, 0.15) is 40.8 Å². The number of aliphatic hydroxyl groups is 1. The summed E-state index contributed by atoms with van der Waals surface area (Å²) in [5, 5.41) is 20.4. The van der Waals surface area contributed by atoms with Crippen molar-refractivity contribution in [1.29, 1.82) is 0 Å². The van der Waals surface area contributed by atoms with Crippen molar-refractivity contribution in [2.75, 3.05) is 18.1 Å². The van der Waals surface area contributed by atoms with Gasteiger partial charge in [-0.05, 0) is 48.2 Å². The number of thioether (sulfide) groups is 1. The standard InChI is InChI=1S/C31H27N3O5S2/c1-3-19-8-10-21(11-9-19)26-25(27(35)22-12-13-23-24(16-22)39-15-14-38-23)28(36)29(37)34(26)30-32-33-31(41-30)40-17-20-6-4-18(2)5-7-20/h4-13,16,26,35H,3,14-15,17H2,1-2H3/b27-25+. The van der Waals surface area contributed by atoms with E-state index in [0.717, 1.165) is 17.5 Å². The van der Waals surface area contributed by atoms with E-state index >= 15 is 0 Å². The lowest BCUT2D eigenvalue weighted by molar-refractivity contribution is -0.132. The van der Waals surface area contributed by atoms with E-state index in [1.807, 2.05) is 31.2 Å².